The van der Waals surface area contributed by atoms with E-state index in [0.717, 1.165) is 36.2 Å². The van der Waals surface area contributed by atoms with Crippen LogP contribution in [0.4, 0.5) is 16.2 Å². The Hall–Kier alpha value is -4.05. The normalized spacial score (nSPS) is 14.4. The minimum Gasteiger partial charge on any atom is -0.336 e. The summed E-state index contributed by atoms with van der Waals surface area (Å²) in [6.45, 7) is 11.2. The van der Waals surface area contributed by atoms with Gasteiger partial charge in [-0.1, -0.05) is 6.07 Å². The van der Waals surface area contributed by atoms with Crippen molar-refractivity contribution in [2.75, 3.05) is 31.5 Å². The summed E-state index contributed by atoms with van der Waals surface area (Å²) in [6, 6.07) is 9.23. The molecule has 9 nitrogen and oxygen atoms in total. The average molecular weight is 501 g/mol. The molecule has 0 radical (unpaired) electrons. The number of halogens is 1. The highest BCUT2D eigenvalue weighted by molar-refractivity contribution is 5.94. The highest BCUT2D eigenvalue weighted by Gasteiger charge is 2.23. The molecule has 4 aromatic rings. The van der Waals surface area contributed by atoms with E-state index in [1.807, 2.05) is 18.7 Å². The molecule has 1 aliphatic rings. The minimum absolute atomic E-state index is 0.0346. The maximum atomic E-state index is 14.7. The molecule has 0 aliphatic carbocycles. The average Bonchev–Trinajstić information content (AvgIpc) is 2.90. The molecule has 0 saturated carbocycles. The number of piperazine rings is 1. The zero-order valence-electron chi connectivity index (χ0n) is 21.4. The number of hydrogen-bond acceptors (Lipinski definition) is 8. The lowest BCUT2D eigenvalue weighted by Crippen LogP contribution is -2.50. The molecular weight excluding hydrogens is 471 g/mol. The number of aromatic nitrogens is 5. The number of carbonyl (C=O) groups excluding carboxylic acids is 1. The van der Waals surface area contributed by atoms with Gasteiger partial charge in [0.25, 0.3) is 5.91 Å². The predicted octanol–water partition coefficient (Wildman–Crippen LogP) is 4.15. The summed E-state index contributed by atoms with van der Waals surface area (Å²) < 4.78 is 14.7. The Labute approximate surface area is 214 Å². The molecule has 0 bridgehead atoms. The third kappa shape index (κ3) is 5.24. The number of fused-ring (bicyclic) bond motifs is 1. The Balaban J connectivity index is 1.31. The fourth-order valence-electron chi connectivity index (χ4n) is 4.34. The standard InChI is InChI=1S/C27H29FN8O/c1-16(2)35-9-11-36(12-10-35)26(37)20-6-8-24(29-14-20)33-27-30-15-21(28)25(34-27)19-5-7-22-23(13-19)32-18(4)17(3)31-22/h5-8,13-16H,9-12H2,1-4H3,(H,29,30,33,34). The van der Waals surface area contributed by atoms with Gasteiger partial charge in [0.15, 0.2) is 5.82 Å². The molecule has 10 heteroatoms. The van der Waals surface area contributed by atoms with Crippen LogP contribution in [0.15, 0.2) is 42.7 Å². The van der Waals surface area contributed by atoms with Gasteiger partial charge in [-0.2, -0.15) is 0 Å². The molecule has 0 atom stereocenters. The van der Waals surface area contributed by atoms with Gasteiger partial charge in [-0.25, -0.2) is 29.3 Å². The SMILES string of the molecule is Cc1nc2ccc(-c3nc(Nc4ccc(C(=O)N5CCN(C(C)C)CC5)cn4)ncc3F)cc2nc1C. The van der Waals surface area contributed by atoms with E-state index in [0.29, 0.717) is 41.6 Å². The molecule has 190 valence electrons. The second kappa shape index (κ2) is 10.1. The molecule has 1 aliphatic heterocycles. The van der Waals surface area contributed by atoms with Gasteiger partial charge < -0.3 is 10.2 Å². The first kappa shape index (κ1) is 24.6. The Bertz CT molecular complexity index is 1450. The van der Waals surface area contributed by atoms with Crippen LogP contribution in [-0.2, 0) is 0 Å². The first-order valence-electron chi connectivity index (χ1n) is 12.3. The zero-order chi connectivity index (χ0) is 26.1. The fourth-order valence-corrected chi connectivity index (χ4v) is 4.34. The van der Waals surface area contributed by atoms with Gasteiger partial charge in [0.05, 0.1) is 34.2 Å². The molecule has 0 unspecified atom stereocenters. The molecule has 1 aromatic carbocycles. The van der Waals surface area contributed by atoms with Crippen LogP contribution in [0.5, 0.6) is 0 Å². The Morgan fingerprint density at radius 2 is 1.65 bits per heavy atom. The summed E-state index contributed by atoms with van der Waals surface area (Å²) >= 11 is 0. The Morgan fingerprint density at radius 1 is 0.919 bits per heavy atom. The van der Waals surface area contributed by atoms with Crippen molar-refractivity contribution in [3.8, 4) is 11.3 Å². The largest absolute Gasteiger partial charge is 0.336 e. The summed E-state index contributed by atoms with van der Waals surface area (Å²) in [7, 11) is 0. The molecule has 3 aromatic heterocycles. The third-order valence-corrected chi connectivity index (χ3v) is 6.67. The number of rotatable bonds is 5. The predicted molar refractivity (Wildman–Crippen MR) is 140 cm³/mol. The second-order valence-corrected chi connectivity index (χ2v) is 9.47. The van der Waals surface area contributed by atoms with E-state index in [9.17, 15) is 9.18 Å². The molecular formula is C27H29FN8O. The van der Waals surface area contributed by atoms with Crippen molar-refractivity contribution in [2.24, 2.45) is 0 Å². The summed E-state index contributed by atoms with van der Waals surface area (Å²) in [5, 5.41) is 3.00. The van der Waals surface area contributed by atoms with Gasteiger partial charge in [0.2, 0.25) is 5.95 Å². The summed E-state index contributed by atoms with van der Waals surface area (Å²) in [6.07, 6.45) is 2.66. The summed E-state index contributed by atoms with van der Waals surface area (Å²) in [5.41, 5.74) is 4.31. The van der Waals surface area contributed by atoms with Crippen molar-refractivity contribution in [1.82, 2.24) is 34.7 Å². The van der Waals surface area contributed by atoms with Gasteiger partial charge in [-0.05, 0) is 52.0 Å². The lowest BCUT2D eigenvalue weighted by Gasteiger charge is -2.36. The highest BCUT2D eigenvalue weighted by atomic mass is 19.1. The number of benzene rings is 1. The van der Waals surface area contributed by atoms with E-state index in [1.165, 1.54) is 6.20 Å². The molecule has 4 heterocycles. The molecule has 1 N–H and O–H groups in total. The molecule has 1 saturated heterocycles. The zero-order valence-corrected chi connectivity index (χ0v) is 21.4. The fraction of sp³-hybridized carbons (Fsp3) is 0.333. The van der Waals surface area contributed by atoms with Crippen LogP contribution < -0.4 is 5.32 Å². The van der Waals surface area contributed by atoms with Crippen LogP contribution in [0.3, 0.4) is 0 Å². The first-order chi connectivity index (χ1) is 17.8. The van der Waals surface area contributed by atoms with E-state index in [-0.39, 0.29) is 17.5 Å². The highest BCUT2D eigenvalue weighted by Crippen LogP contribution is 2.25. The molecule has 5 rings (SSSR count). The maximum Gasteiger partial charge on any atom is 0.255 e. The monoisotopic (exact) mass is 500 g/mol. The first-order valence-corrected chi connectivity index (χ1v) is 12.3. The number of amides is 1. The molecule has 1 amide bonds. The van der Waals surface area contributed by atoms with E-state index in [2.05, 4.69) is 49.0 Å². The number of nitrogens with one attached hydrogen (secondary N) is 1. The van der Waals surface area contributed by atoms with Gasteiger partial charge >= 0.3 is 0 Å². The van der Waals surface area contributed by atoms with Gasteiger partial charge in [0.1, 0.15) is 11.5 Å². The van der Waals surface area contributed by atoms with Crippen molar-refractivity contribution in [3.05, 3.63) is 65.5 Å². The summed E-state index contributed by atoms with van der Waals surface area (Å²) in [4.78, 5) is 39.0. The number of nitrogens with zero attached hydrogens (tertiary/aromatic N) is 7. The number of aryl methyl sites for hydroxylation is 2. The van der Waals surface area contributed by atoms with E-state index < -0.39 is 5.82 Å². The Morgan fingerprint density at radius 3 is 2.32 bits per heavy atom. The van der Waals surface area contributed by atoms with Crippen molar-refractivity contribution < 1.29 is 9.18 Å². The van der Waals surface area contributed by atoms with Gasteiger partial charge in [-0.3, -0.25) is 9.69 Å². The number of anilines is 2. The smallest absolute Gasteiger partial charge is 0.255 e. The van der Waals surface area contributed by atoms with Crippen LogP contribution in [0, 0.1) is 19.7 Å². The second-order valence-electron chi connectivity index (χ2n) is 9.47. The summed E-state index contributed by atoms with van der Waals surface area (Å²) in [5.74, 6) is 0.0639. The van der Waals surface area contributed by atoms with Crippen LogP contribution in [0.1, 0.15) is 35.6 Å². The van der Waals surface area contributed by atoms with Crippen LogP contribution in [-0.4, -0.2) is 72.8 Å². The topological polar surface area (TPSA) is 100 Å². The van der Waals surface area contributed by atoms with E-state index in [1.54, 1.807) is 30.3 Å². The van der Waals surface area contributed by atoms with E-state index in [4.69, 9.17) is 0 Å². The van der Waals surface area contributed by atoms with Crippen LogP contribution >= 0.6 is 0 Å². The van der Waals surface area contributed by atoms with Crippen molar-refractivity contribution >= 4 is 28.7 Å². The quantitative estimate of drug-likeness (QED) is 0.436. The molecule has 0 spiro atoms. The molecule has 37 heavy (non-hydrogen) atoms. The van der Waals surface area contributed by atoms with Gasteiger partial charge in [-0.15, -0.1) is 0 Å². The minimum atomic E-state index is -0.548. The van der Waals surface area contributed by atoms with Crippen molar-refractivity contribution in [1.29, 1.82) is 0 Å². The third-order valence-electron chi connectivity index (χ3n) is 6.67. The Kier molecular flexibility index (Phi) is 6.75. The van der Waals surface area contributed by atoms with E-state index >= 15 is 0 Å². The van der Waals surface area contributed by atoms with Crippen molar-refractivity contribution in [3.63, 3.8) is 0 Å². The number of carbonyl (C=O) groups is 1. The lowest BCUT2D eigenvalue weighted by atomic mass is 10.1. The molecule has 1 fully saturated rings. The number of pyridine rings is 1. The number of hydrogen-bond donors (Lipinski definition) is 1. The van der Waals surface area contributed by atoms with Crippen LogP contribution in [0.2, 0.25) is 0 Å². The lowest BCUT2D eigenvalue weighted by molar-refractivity contribution is 0.0595. The maximum absolute atomic E-state index is 14.7. The van der Waals surface area contributed by atoms with Crippen molar-refractivity contribution in [2.45, 2.75) is 33.7 Å². The van der Waals surface area contributed by atoms with Crippen LogP contribution in [0.25, 0.3) is 22.3 Å². The van der Waals surface area contributed by atoms with Gasteiger partial charge in [0, 0.05) is 44.0 Å².